The van der Waals surface area contributed by atoms with Crippen LogP contribution in [0, 0.1) is 5.82 Å². The molecule has 1 N–H and O–H groups in total. The fraction of sp³-hybridized carbons (Fsp3) is 0.400. The summed E-state index contributed by atoms with van der Waals surface area (Å²) in [6, 6.07) is 2.29. The minimum absolute atomic E-state index is 0.0613. The molecule has 0 fully saturated rings. The van der Waals surface area contributed by atoms with E-state index < -0.39 is 11.6 Å². The number of phenols is 1. The second-order valence-electron chi connectivity index (χ2n) is 3.12. The van der Waals surface area contributed by atoms with Crippen LogP contribution >= 0.6 is 0 Å². The third-order valence-corrected chi connectivity index (χ3v) is 1.60. The number of benzene rings is 1. The molecule has 78 valence electrons. The second kappa shape index (κ2) is 4.17. The van der Waals surface area contributed by atoms with Gasteiger partial charge in [0.25, 0.3) is 0 Å². The molecule has 1 aromatic rings. The van der Waals surface area contributed by atoms with E-state index in [-0.39, 0.29) is 11.9 Å². The van der Waals surface area contributed by atoms with Gasteiger partial charge in [-0.05, 0) is 13.8 Å². The third kappa shape index (κ3) is 2.28. The van der Waals surface area contributed by atoms with Crippen LogP contribution in [0.3, 0.4) is 0 Å². The van der Waals surface area contributed by atoms with Gasteiger partial charge < -0.3 is 14.6 Å². The standard InChI is InChI=1S/C10H13FO3/c1-6(2)14-10-5-8(12)7(11)4-9(10)13-3/h4-6,12H,1-3H3. The lowest BCUT2D eigenvalue weighted by molar-refractivity contribution is 0.228. The molecule has 0 aliphatic rings. The molecular formula is C10H13FO3. The molecule has 0 aliphatic heterocycles. The van der Waals surface area contributed by atoms with E-state index in [0.717, 1.165) is 6.07 Å². The Labute approximate surface area is 82.1 Å². The highest BCUT2D eigenvalue weighted by Crippen LogP contribution is 2.33. The molecule has 0 unspecified atom stereocenters. The quantitative estimate of drug-likeness (QED) is 0.813. The highest BCUT2D eigenvalue weighted by atomic mass is 19.1. The zero-order valence-corrected chi connectivity index (χ0v) is 8.37. The van der Waals surface area contributed by atoms with Crippen LogP contribution in [0.15, 0.2) is 12.1 Å². The molecule has 0 aromatic heterocycles. The highest BCUT2D eigenvalue weighted by molar-refractivity contribution is 5.46. The number of halogens is 1. The van der Waals surface area contributed by atoms with Crippen molar-refractivity contribution in [2.45, 2.75) is 20.0 Å². The van der Waals surface area contributed by atoms with Gasteiger partial charge in [-0.15, -0.1) is 0 Å². The van der Waals surface area contributed by atoms with E-state index in [2.05, 4.69) is 0 Å². The fourth-order valence-electron chi connectivity index (χ4n) is 1.03. The summed E-state index contributed by atoms with van der Waals surface area (Å²) < 4.78 is 23.1. The largest absolute Gasteiger partial charge is 0.505 e. The zero-order chi connectivity index (χ0) is 10.7. The Hall–Kier alpha value is -1.45. The van der Waals surface area contributed by atoms with Crippen molar-refractivity contribution in [2.24, 2.45) is 0 Å². The molecule has 0 heterocycles. The Kier molecular flexibility index (Phi) is 3.17. The zero-order valence-electron chi connectivity index (χ0n) is 8.37. The lowest BCUT2D eigenvalue weighted by Gasteiger charge is -2.13. The SMILES string of the molecule is COc1cc(F)c(O)cc1OC(C)C. The van der Waals surface area contributed by atoms with Gasteiger partial charge in [0, 0.05) is 12.1 Å². The van der Waals surface area contributed by atoms with Gasteiger partial charge in [0.2, 0.25) is 0 Å². The van der Waals surface area contributed by atoms with Gasteiger partial charge in [-0.25, -0.2) is 4.39 Å². The molecule has 0 aliphatic carbocycles. The number of ether oxygens (including phenoxy) is 2. The van der Waals surface area contributed by atoms with E-state index >= 15 is 0 Å². The summed E-state index contributed by atoms with van der Waals surface area (Å²) in [6.45, 7) is 3.67. The number of phenolic OH excluding ortho intramolecular Hbond substituents is 1. The van der Waals surface area contributed by atoms with Gasteiger partial charge in [0.1, 0.15) is 0 Å². The van der Waals surface area contributed by atoms with Gasteiger partial charge in [-0.3, -0.25) is 0 Å². The predicted octanol–water partition coefficient (Wildman–Crippen LogP) is 2.33. The van der Waals surface area contributed by atoms with E-state index in [1.165, 1.54) is 13.2 Å². The van der Waals surface area contributed by atoms with Crippen molar-refractivity contribution < 1.29 is 19.0 Å². The maximum absolute atomic E-state index is 12.9. The number of hydrogen-bond acceptors (Lipinski definition) is 3. The minimum atomic E-state index is -0.724. The Balaban J connectivity index is 3.07. The number of aromatic hydroxyl groups is 1. The van der Waals surface area contributed by atoms with Crippen molar-refractivity contribution in [1.82, 2.24) is 0 Å². The first kappa shape index (κ1) is 10.6. The fourth-order valence-corrected chi connectivity index (χ4v) is 1.03. The first-order valence-corrected chi connectivity index (χ1v) is 4.27. The van der Waals surface area contributed by atoms with Crippen LogP contribution in [-0.2, 0) is 0 Å². The molecule has 14 heavy (non-hydrogen) atoms. The monoisotopic (exact) mass is 200 g/mol. The Morgan fingerprint density at radius 3 is 2.43 bits per heavy atom. The molecule has 1 rings (SSSR count). The van der Waals surface area contributed by atoms with E-state index in [1.54, 1.807) is 0 Å². The number of rotatable bonds is 3. The molecule has 0 saturated carbocycles. The summed E-state index contributed by atoms with van der Waals surface area (Å²) in [7, 11) is 1.42. The van der Waals surface area contributed by atoms with Crippen LogP contribution in [0.1, 0.15) is 13.8 Å². The molecule has 1 aromatic carbocycles. The minimum Gasteiger partial charge on any atom is -0.505 e. The van der Waals surface area contributed by atoms with E-state index in [4.69, 9.17) is 14.6 Å². The van der Waals surface area contributed by atoms with Gasteiger partial charge >= 0.3 is 0 Å². The number of methoxy groups -OCH3 is 1. The van der Waals surface area contributed by atoms with Crippen LogP contribution in [0.4, 0.5) is 4.39 Å². The van der Waals surface area contributed by atoms with Crippen LogP contribution < -0.4 is 9.47 Å². The van der Waals surface area contributed by atoms with Crippen LogP contribution in [-0.4, -0.2) is 18.3 Å². The first-order chi connectivity index (χ1) is 6.54. The van der Waals surface area contributed by atoms with Crippen LogP contribution in [0.25, 0.3) is 0 Å². The lowest BCUT2D eigenvalue weighted by atomic mass is 10.3. The van der Waals surface area contributed by atoms with Gasteiger partial charge in [0.15, 0.2) is 23.1 Å². The van der Waals surface area contributed by atoms with E-state index in [0.29, 0.717) is 5.75 Å². The van der Waals surface area contributed by atoms with Crippen molar-refractivity contribution in [3.63, 3.8) is 0 Å². The highest BCUT2D eigenvalue weighted by Gasteiger charge is 2.11. The molecule has 0 saturated heterocycles. The predicted molar refractivity (Wildman–Crippen MR) is 50.4 cm³/mol. The first-order valence-electron chi connectivity index (χ1n) is 4.27. The van der Waals surface area contributed by atoms with Gasteiger partial charge in [-0.2, -0.15) is 0 Å². The molecule has 0 bridgehead atoms. The molecule has 0 atom stereocenters. The normalized spacial score (nSPS) is 10.4. The maximum atomic E-state index is 12.9. The van der Waals surface area contributed by atoms with Crippen molar-refractivity contribution in [3.05, 3.63) is 17.9 Å². The number of hydrogen-bond donors (Lipinski definition) is 1. The van der Waals surface area contributed by atoms with Crippen LogP contribution in [0.5, 0.6) is 17.2 Å². The third-order valence-electron chi connectivity index (χ3n) is 1.60. The Bertz CT molecular complexity index is 323. The van der Waals surface area contributed by atoms with E-state index in [1.807, 2.05) is 13.8 Å². The smallest absolute Gasteiger partial charge is 0.168 e. The summed E-state index contributed by atoms with van der Waals surface area (Å²) >= 11 is 0. The summed E-state index contributed by atoms with van der Waals surface area (Å²) in [6.07, 6.45) is -0.0613. The lowest BCUT2D eigenvalue weighted by Crippen LogP contribution is -2.06. The van der Waals surface area contributed by atoms with Gasteiger partial charge in [-0.1, -0.05) is 0 Å². The second-order valence-corrected chi connectivity index (χ2v) is 3.12. The summed E-state index contributed by atoms with van der Waals surface area (Å²) in [4.78, 5) is 0. The summed E-state index contributed by atoms with van der Waals surface area (Å²) in [5.41, 5.74) is 0. The molecule has 3 nitrogen and oxygen atoms in total. The van der Waals surface area contributed by atoms with Gasteiger partial charge in [0.05, 0.1) is 13.2 Å². The van der Waals surface area contributed by atoms with E-state index in [9.17, 15) is 4.39 Å². The molecular weight excluding hydrogens is 187 g/mol. The summed E-state index contributed by atoms with van der Waals surface area (Å²) in [5.74, 6) is -0.560. The van der Waals surface area contributed by atoms with Crippen molar-refractivity contribution in [3.8, 4) is 17.2 Å². The van der Waals surface area contributed by atoms with Crippen molar-refractivity contribution >= 4 is 0 Å². The average Bonchev–Trinajstić information content (AvgIpc) is 2.10. The Morgan fingerprint density at radius 2 is 1.93 bits per heavy atom. The van der Waals surface area contributed by atoms with Crippen molar-refractivity contribution in [2.75, 3.05) is 7.11 Å². The summed E-state index contributed by atoms with van der Waals surface area (Å²) in [5, 5.41) is 9.12. The maximum Gasteiger partial charge on any atom is 0.168 e. The molecule has 4 heteroatoms. The van der Waals surface area contributed by atoms with Crippen LogP contribution in [0.2, 0.25) is 0 Å². The average molecular weight is 200 g/mol. The molecule has 0 spiro atoms. The topological polar surface area (TPSA) is 38.7 Å². The molecule has 0 amide bonds. The molecule has 0 radical (unpaired) electrons. The Morgan fingerprint density at radius 1 is 1.29 bits per heavy atom. The van der Waals surface area contributed by atoms with Crippen molar-refractivity contribution in [1.29, 1.82) is 0 Å².